The van der Waals surface area contributed by atoms with Gasteiger partial charge in [-0.15, -0.1) is 0 Å². The van der Waals surface area contributed by atoms with Crippen molar-refractivity contribution in [3.8, 4) is 0 Å². The predicted molar refractivity (Wildman–Crippen MR) is 101 cm³/mol. The normalized spacial score (nSPS) is 11.2. The Morgan fingerprint density at radius 3 is 2.21 bits per heavy atom. The third-order valence-corrected chi connectivity index (χ3v) is 5.16. The van der Waals surface area contributed by atoms with Gasteiger partial charge in [-0.3, -0.25) is 4.72 Å². The molecule has 11 heteroatoms. The second kappa shape index (κ2) is 8.27. The summed E-state index contributed by atoms with van der Waals surface area (Å²) in [4.78, 5) is 24.1. The number of esters is 2. The van der Waals surface area contributed by atoms with Crippen LogP contribution in [0.3, 0.4) is 0 Å². The van der Waals surface area contributed by atoms with E-state index in [2.05, 4.69) is 19.7 Å². The Morgan fingerprint density at radius 1 is 1.00 bits per heavy atom. The van der Waals surface area contributed by atoms with Crippen LogP contribution in [0.25, 0.3) is 11.0 Å². The lowest BCUT2D eigenvalue weighted by Gasteiger charge is -2.12. The second-order valence-electron chi connectivity index (χ2n) is 5.73. The Morgan fingerprint density at radius 2 is 1.62 bits per heavy atom. The first-order valence-electron chi connectivity index (χ1n) is 8.59. The van der Waals surface area contributed by atoms with Crippen LogP contribution in [-0.2, 0) is 19.5 Å². The average molecular weight is 419 g/mol. The highest BCUT2D eigenvalue weighted by atomic mass is 32.2. The van der Waals surface area contributed by atoms with Gasteiger partial charge in [0.25, 0.3) is 10.0 Å². The standard InChI is InChI=1S/C18H17N3O7S/c1-3-26-17(22)11-8-12(18(23)27-4-2)10-13(9-11)21-29(24,25)15-7-5-6-14-16(15)20-28-19-14/h5-10,21H,3-4H2,1-2H3. The van der Waals surface area contributed by atoms with Gasteiger partial charge in [0.1, 0.15) is 10.4 Å². The minimum absolute atomic E-state index is 0.00332. The number of carbonyl (C=O) groups excluding carboxylic acids is 2. The minimum Gasteiger partial charge on any atom is -0.462 e. The molecule has 1 aromatic heterocycles. The lowest BCUT2D eigenvalue weighted by molar-refractivity contribution is 0.0525. The van der Waals surface area contributed by atoms with E-state index in [1.54, 1.807) is 19.9 Å². The topological polar surface area (TPSA) is 138 Å². The van der Waals surface area contributed by atoms with Gasteiger partial charge in [0.05, 0.1) is 30.0 Å². The molecular formula is C18H17N3O7S. The van der Waals surface area contributed by atoms with Crippen LogP contribution in [-0.4, -0.2) is 43.9 Å². The summed E-state index contributed by atoms with van der Waals surface area (Å²) >= 11 is 0. The van der Waals surface area contributed by atoms with Gasteiger partial charge in [0.15, 0.2) is 5.52 Å². The number of hydrogen-bond acceptors (Lipinski definition) is 9. The van der Waals surface area contributed by atoms with Crippen molar-refractivity contribution in [1.82, 2.24) is 10.3 Å². The molecule has 3 rings (SSSR count). The number of rotatable bonds is 7. The van der Waals surface area contributed by atoms with Crippen molar-refractivity contribution in [2.75, 3.05) is 17.9 Å². The van der Waals surface area contributed by atoms with Crippen molar-refractivity contribution < 1.29 is 32.1 Å². The molecule has 0 aliphatic rings. The molecule has 152 valence electrons. The Balaban J connectivity index is 2.03. The molecule has 0 aliphatic carbocycles. The highest BCUT2D eigenvalue weighted by molar-refractivity contribution is 7.93. The largest absolute Gasteiger partial charge is 0.462 e. The lowest BCUT2D eigenvalue weighted by Crippen LogP contribution is -2.16. The van der Waals surface area contributed by atoms with Crippen LogP contribution in [0.1, 0.15) is 34.6 Å². The van der Waals surface area contributed by atoms with Crippen molar-refractivity contribution >= 4 is 38.7 Å². The minimum atomic E-state index is -4.14. The van der Waals surface area contributed by atoms with E-state index in [1.807, 2.05) is 0 Å². The maximum Gasteiger partial charge on any atom is 0.338 e. The summed E-state index contributed by atoms with van der Waals surface area (Å²) in [6.07, 6.45) is 0. The molecule has 0 aliphatic heterocycles. The first-order valence-corrected chi connectivity index (χ1v) is 10.1. The van der Waals surface area contributed by atoms with Gasteiger partial charge in [-0.05, 0) is 54.5 Å². The van der Waals surface area contributed by atoms with Crippen LogP contribution in [0, 0.1) is 0 Å². The number of fused-ring (bicyclic) bond motifs is 1. The summed E-state index contributed by atoms with van der Waals surface area (Å²) in [7, 11) is -4.14. The van der Waals surface area contributed by atoms with Gasteiger partial charge in [-0.2, -0.15) is 0 Å². The SMILES string of the molecule is CCOC(=O)c1cc(NS(=O)(=O)c2cccc3nonc23)cc(C(=O)OCC)c1. The van der Waals surface area contributed by atoms with E-state index >= 15 is 0 Å². The summed E-state index contributed by atoms with van der Waals surface area (Å²) in [6.45, 7) is 3.49. The number of carbonyl (C=O) groups is 2. The van der Waals surface area contributed by atoms with E-state index in [9.17, 15) is 18.0 Å². The van der Waals surface area contributed by atoms with Gasteiger partial charge < -0.3 is 9.47 Å². The monoisotopic (exact) mass is 419 g/mol. The molecule has 3 aromatic rings. The quantitative estimate of drug-likeness (QED) is 0.572. The lowest BCUT2D eigenvalue weighted by atomic mass is 10.1. The average Bonchev–Trinajstić information content (AvgIpc) is 3.16. The zero-order valence-electron chi connectivity index (χ0n) is 15.5. The van der Waals surface area contributed by atoms with E-state index in [0.717, 1.165) is 0 Å². The van der Waals surface area contributed by atoms with E-state index in [4.69, 9.17) is 9.47 Å². The molecule has 0 amide bonds. The molecule has 1 N–H and O–H groups in total. The molecule has 10 nitrogen and oxygen atoms in total. The van der Waals surface area contributed by atoms with E-state index in [1.165, 1.54) is 30.3 Å². The van der Waals surface area contributed by atoms with Gasteiger partial charge in [-0.25, -0.2) is 22.6 Å². The zero-order valence-corrected chi connectivity index (χ0v) is 16.4. The first kappa shape index (κ1) is 20.3. The van der Waals surface area contributed by atoms with Gasteiger partial charge in [0, 0.05) is 0 Å². The third-order valence-electron chi connectivity index (χ3n) is 3.75. The summed E-state index contributed by atoms with van der Waals surface area (Å²) in [5.74, 6) is -1.41. The van der Waals surface area contributed by atoms with Crippen LogP contribution >= 0.6 is 0 Å². The van der Waals surface area contributed by atoms with E-state index < -0.39 is 22.0 Å². The molecule has 0 bridgehead atoms. The Hall–Kier alpha value is -3.47. The van der Waals surface area contributed by atoms with E-state index in [-0.39, 0.29) is 46.0 Å². The number of aromatic nitrogens is 2. The van der Waals surface area contributed by atoms with Crippen LogP contribution in [0.5, 0.6) is 0 Å². The molecule has 0 saturated carbocycles. The van der Waals surface area contributed by atoms with Crippen LogP contribution in [0.4, 0.5) is 5.69 Å². The molecular weight excluding hydrogens is 402 g/mol. The number of benzene rings is 2. The summed E-state index contributed by atoms with van der Waals surface area (Å²) < 4.78 is 42.6. The molecule has 29 heavy (non-hydrogen) atoms. The first-order chi connectivity index (χ1) is 13.9. The van der Waals surface area contributed by atoms with E-state index in [0.29, 0.717) is 0 Å². The van der Waals surface area contributed by atoms with Gasteiger partial charge in [0.2, 0.25) is 0 Å². The maximum atomic E-state index is 12.9. The molecule has 0 fully saturated rings. The van der Waals surface area contributed by atoms with Crippen LogP contribution in [0.2, 0.25) is 0 Å². The zero-order chi connectivity index (χ0) is 21.0. The fraction of sp³-hybridized carbons (Fsp3) is 0.222. The second-order valence-corrected chi connectivity index (χ2v) is 7.38. The fourth-order valence-corrected chi connectivity index (χ4v) is 3.75. The van der Waals surface area contributed by atoms with Gasteiger partial charge in [-0.1, -0.05) is 6.07 Å². The molecule has 1 heterocycles. The Labute approximate surface area is 165 Å². The summed E-state index contributed by atoms with van der Waals surface area (Å²) in [6, 6.07) is 8.16. The molecule has 0 saturated heterocycles. The number of nitrogens with zero attached hydrogens (tertiary/aromatic N) is 2. The number of nitrogens with one attached hydrogen (secondary N) is 1. The Kier molecular flexibility index (Phi) is 5.78. The molecule has 2 aromatic carbocycles. The molecule has 0 unspecified atom stereocenters. The molecule has 0 radical (unpaired) electrons. The van der Waals surface area contributed by atoms with Crippen molar-refractivity contribution in [3.63, 3.8) is 0 Å². The number of ether oxygens (including phenoxy) is 2. The molecule has 0 atom stereocenters. The van der Waals surface area contributed by atoms with Crippen molar-refractivity contribution in [1.29, 1.82) is 0 Å². The Bertz CT molecular complexity index is 1130. The smallest absolute Gasteiger partial charge is 0.338 e. The van der Waals surface area contributed by atoms with Crippen LogP contribution < -0.4 is 4.72 Å². The van der Waals surface area contributed by atoms with Crippen molar-refractivity contribution in [2.24, 2.45) is 0 Å². The fourth-order valence-electron chi connectivity index (χ4n) is 2.56. The highest BCUT2D eigenvalue weighted by Crippen LogP contribution is 2.24. The van der Waals surface area contributed by atoms with Crippen molar-refractivity contribution in [2.45, 2.75) is 18.7 Å². The predicted octanol–water partition coefficient (Wildman–Crippen LogP) is 2.38. The van der Waals surface area contributed by atoms with Crippen molar-refractivity contribution in [3.05, 3.63) is 47.5 Å². The maximum absolute atomic E-state index is 12.9. The number of hydrogen-bond donors (Lipinski definition) is 1. The summed E-state index contributed by atoms with van der Waals surface area (Å²) in [5.41, 5.74) is 0.285. The third kappa shape index (κ3) is 4.35. The summed E-state index contributed by atoms with van der Waals surface area (Å²) in [5, 5.41) is 7.23. The highest BCUT2D eigenvalue weighted by Gasteiger charge is 2.22. The van der Waals surface area contributed by atoms with Crippen LogP contribution in [0.15, 0.2) is 45.9 Å². The number of sulfonamides is 1. The van der Waals surface area contributed by atoms with Gasteiger partial charge >= 0.3 is 11.9 Å². The number of anilines is 1. The molecule has 0 spiro atoms.